The highest BCUT2D eigenvalue weighted by Crippen LogP contribution is 2.09. The van der Waals surface area contributed by atoms with Crippen LogP contribution in [0.25, 0.3) is 0 Å². The third kappa shape index (κ3) is 2.93. The zero-order chi connectivity index (χ0) is 14.7. The highest BCUT2D eigenvalue weighted by atomic mass is 16.2. The topological polar surface area (TPSA) is 92.7 Å². The van der Waals surface area contributed by atoms with Crippen LogP contribution in [0.2, 0.25) is 0 Å². The normalized spacial score (nSPS) is 10.8. The second-order valence-corrected chi connectivity index (χ2v) is 4.70. The lowest BCUT2D eigenvalue weighted by Crippen LogP contribution is -2.20. The minimum atomic E-state index is -0.408. The standard InChI is InChI=1S/C13H17N5O2/c1-4-18-7-9(5-6-10(18)19)14-13(20)12-15-11(8(2)3)16-17-12/h5-8H,4H2,1-3H3,(H,14,20)(H,15,16,17). The van der Waals surface area contributed by atoms with Gasteiger partial charge in [-0.1, -0.05) is 13.8 Å². The number of aromatic nitrogens is 4. The molecular weight excluding hydrogens is 258 g/mol. The molecule has 7 heteroatoms. The zero-order valence-electron chi connectivity index (χ0n) is 11.7. The van der Waals surface area contributed by atoms with E-state index in [1.54, 1.807) is 12.3 Å². The Hall–Kier alpha value is -2.44. The first-order valence-electron chi connectivity index (χ1n) is 6.45. The molecule has 0 saturated carbocycles. The molecule has 0 atom stereocenters. The number of hydrogen-bond acceptors (Lipinski definition) is 4. The van der Waals surface area contributed by atoms with Crippen molar-refractivity contribution in [2.75, 3.05) is 5.32 Å². The van der Waals surface area contributed by atoms with Crippen molar-refractivity contribution in [1.82, 2.24) is 19.7 Å². The molecule has 0 bridgehead atoms. The van der Waals surface area contributed by atoms with Crippen molar-refractivity contribution in [2.45, 2.75) is 33.2 Å². The summed E-state index contributed by atoms with van der Waals surface area (Å²) >= 11 is 0. The molecule has 2 N–H and O–H groups in total. The molecule has 0 aromatic carbocycles. The van der Waals surface area contributed by atoms with Gasteiger partial charge in [-0.25, -0.2) is 4.98 Å². The number of aromatic amines is 1. The monoisotopic (exact) mass is 275 g/mol. The van der Waals surface area contributed by atoms with Crippen molar-refractivity contribution >= 4 is 11.6 Å². The second-order valence-electron chi connectivity index (χ2n) is 4.70. The van der Waals surface area contributed by atoms with Gasteiger partial charge in [0, 0.05) is 24.7 Å². The molecular formula is C13H17N5O2. The smallest absolute Gasteiger partial charge is 0.295 e. The number of aryl methyl sites for hydroxylation is 1. The van der Waals surface area contributed by atoms with E-state index in [9.17, 15) is 9.59 Å². The number of carbonyl (C=O) groups is 1. The predicted molar refractivity (Wildman–Crippen MR) is 74.8 cm³/mol. The van der Waals surface area contributed by atoms with Crippen molar-refractivity contribution in [3.05, 3.63) is 40.3 Å². The molecule has 0 fully saturated rings. The van der Waals surface area contributed by atoms with Crippen LogP contribution in [-0.4, -0.2) is 25.7 Å². The molecule has 0 radical (unpaired) electrons. The van der Waals surface area contributed by atoms with Gasteiger partial charge in [-0.3, -0.25) is 14.7 Å². The second kappa shape index (κ2) is 5.68. The summed E-state index contributed by atoms with van der Waals surface area (Å²) in [4.78, 5) is 27.6. The molecule has 106 valence electrons. The van der Waals surface area contributed by atoms with Gasteiger partial charge in [0.2, 0.25) is 5.82 Å². The van der Waals surface area contributed by atoms with Crippen molar-refractivity contribution < 1.29 is 4.79 Å². The van der Waals surface area contributed by atoms with Gasteiger partial charge in [0.05, 0.1) is 5.69 Å². The lowest BCUT2D eigenvalue weighted by atomic mass is 10.2. The number of H-pyrrole nitrogens is 1. The predicted octanol–water partition coefficient (Wildman–Crippen LogP) is 1.36. The molecule has 0 spiro atoms. The summed E-state index contributed by atoms with van der Waals surface area (Å²) < 4.78 is 1.51. The molecule has 1 amide bonds. The molecule has 2 rings (SSSR count). The summed E-state index contributed by atoms with van der Waals surface area (Å²) in [6, 6.07) is 2.97. The van der Waals surface area contributed by atoms with E-state index >= 15 is 0 Å². The van der Waals surface area contributed by atoms with Crippen LogP contribution in [0.4, 0.5) is 5.69 Å². The van der Waals surface area contributed by atoms with E-state index in [2.05, 4.69) is 20.5 Å². The summed E-state index contributed by atoms with van der Waals surface area (Å²) in [5.74, 6) is 0.511. The van der Waals surface area contributed by atoms with Crippen LogP contribution in [0.1, 0.15) is 43.1 Å². The zero-order valence-corrected chi connectivity index (χ0v) is 11.7. The maximum atomic E-state index is 12.0. The Kier molecular flexibility index (Phi) is 3.97. The van der Waals surface area contributed by atoms with Gasteiger partial charge in [-0.05, 0) is 13.0 Å². The van der Waals surface area contributed by atoms with Gasteiger partial charge >= 0.3 is 0 Å². The average Bonchev–Trinajstić information content (AvgIpc) is 2.91. The van der Waals surface area contributed by atoms with Crippen LogP contribution in [0, 0.1) is 0 Å². The Labute approximate surface area is 116 Å². The molecule has 7 nitrogen and oxygen atoms in total. The van der Waals surface area contributed by atoms with E-state index in [0.29, 0.717) is 18.1 Å². The fourth-order valence-corrected chi connectivity index (χ4v) is 1.67. The number of anilines is 1. The molecule has 2 heterocycles. The fourth-order valence-electron chi connectivity index (χ4n) is 1.67. The van der Waals surface area contributed by atoms with Crippen LogP contribution >= 0.6 is 0 Å². The van der Waals surface area contributed by atoms with Crippen molar-refractivity contribution in [1.29, 1.82) is 0 Å². The summed E-state index contributed by atoms with van der Waals surface area (Å²) in [5, 5.41) is 9.27. The highest BCUT2D eigenvalue weighted by Gasteiger charge is 2.14. The quantitative estimate of drug-likeness (QED) is 0.881. The minimum absolute atomic E-state index is 0.0861. The summed E-state index contributed by atoms with van der Waals surface area (Å²) in [7, 11) is 0. The molecule has 0 aliphatic carbocycles. The molecule has 20 heavy (non-hydrogen) atoms. The Balaban J connectivity index is 2.16. The fraction of sp³-hybridized carbons (Fsp3) is 0.385. The maximum Gasteiger partial charge on any atom is 0.295 e. The van der Waals surface area contributed by atoms with Crippen LogP contribution in [-0.2, 0) is 6.54 Å². The van der Waals surface area contributed by atoms with Crippen LogP contribution in [0.3, 0.4) is 0 Å². The largest absolute Gasteiger partial charge is 0.318 e. The molecule has 2 aromatic rings. The third-order valence-electron chi connectivity index (χ3n) is 2.83. The van der Waals surface area contributed by atoms with Gasteiger partial charge in [0.15, 0.2) is 0 Å². The molecule has 0 aliphatic heterocycles. The maximum absolute atomic E-state index is 12.0. The van der Waals surface area contributed by atoms with Crippen LogP contribution in [0.5, 0.6) is 0 Å². The number of rotatable bonds is 4. The Bertz CT molecular complexity index is 671. The van der Waals surface area contributed by atoms with E-state index in [1.807, 2.05) is 20.8 Å². The molecule has 0 aliphatic rings. The van der Waals surface area contributed by atoms with Crippen molar-refractivity contribution in [2.24, 2.45) is 0 Å². The number of nitrogens with one attached hydrogen (secondary N) is 2. The van der Waals surface area contributed by atoms with E-state index in [-0.39, 0.29) is 17.3 Å². The average molecular weight is 275 g/mol. The van der Waals surface area contributed by atoms with E-state index in [0.717, 1.165) is 0 Å². The number of pyridine rings is 1. The molecule has 2 aromatic heterocycles. The van der Waals surface area contributed by atoms with Gasteiger partial charge in [-0.2, -0.15) is 0 Å². The van der Waals surface area contributed by atoms with E-state index in [1.165, 1.54) is 10.6 Å². The first-order chi connectivity index (χ1) is 9.51. The van der Waals surface area contributed by atoms with Gasteiger partial charge in [-0.15, -0.1) is 5.10 Å². The number of hydrogen-bond donors (Lipinski definition) is 2. The lowest BCUT2D eigenvalue weighted by Gasteiger charge is -2.06. The summed E-state index contributed by atoms with van der Waals surface area (Å²) in [6.07, 6.45) is 1.59. The summed E-state index contributed by atoms with van der Waals surface area (Å²) in [6.45, 7) is 6.32. The number of nitrogens with zero attached hydrogens (tertiary/aromatic N) is 3. The van der Waals surface area contributed by atoms with E-state index in [4.69, 9.17) is 0 Å². The van der Waals surface area contributed by atoms with Crippen LogP contribution in [0.15, 0.2) is 23.1 Å². The minimum Gasteiger partial charge on any atom is -0.318 e. The first-order valence-corrected chi connectivity index (χ1v) is 6.45. The highest BCUT2D eigenvalue weighted by molar-refractivity contribution is 6.01. The summed E-state index contributed by atoms with van der Waals surface area (Å²) in [5.41, 5.74) is 0.429. The van der Waals surface area contributed by atoms with Crippen molar-refractivity contribution in [3.63, 3.8) is 0 Å². The van der Waals surface area contributed by atoms with Gasteiger partial charge in [0.25, 0.3) is 11.5 Å². The van der Waals surface area contributed by atoms with Crippen LogP contribution < -0.4 is 10.9 Å². The third-order valence-corrected chi connectivity index (χ3v) is 2.83. The Morgan fingerprint density at radius 3 is 2.80 bits per heavy atom. The van der Waals surface area contributed by atoms with Gasteiger partial charge < -0.3 is 9.88 Å². The molecule has 0 saturated heterocycles. The van der Waals surface area contributed by atoms with Gasteiger partial charge in [0.1, 0.15) is 5.82 Å². The lowest BCUT2D eigenvalue weighted by molar-refractivity contribution is 0.101. The van der Waals surface area contributed by atoms with Crippen molar-refractivity contribution in [3.8, 4) is 0 Å². The Morgan fingerprint density at radius 1 is 1.45 bits per heavy atom. The number of carbonyl (C=O) groups excluding carboxylic acids is 1. The Morgan fingerprint density at radius 2 is 2.20 bits per heavy atom. The SMILES string of the molecule is CCn1cc(NC(=O)c2n[nH]c(C(C)C)n2)ccc1=O. The number of amides is 1. The first kappa shape index (κ1) is 14.0. The molecule has 0 unspecified atom stereocenters. The van der Waals surface area contributed by atoms with E-state index < -0.39 is 5.91 Å².